The van der Waals surface area contributed by atoms with Crippen LogP contribution in [0.2, 0.25) is 0 Å². The number of ether oxygens (including phenoxy) is 4. The molecule has 0 unspecified atom stereocenters. The van der Waals surface area contributed by atoms with Gasteiger partial charge in [0.25, 0.3) is 0 Å². The second-order valence-corrected chi connectivity index (χ2v) is 9.00. The van der Waals surface area contributed by atoms with E-state index in [-0.39, 0.29) is 25.5 Å². The van der Waals surface area contributed by atoms with E-state index >= 15 is 0 Å². The van der Waals surface area contributed by atoms with E-state index in [1.807, 2.05) is 48.5 Å². The summed E-state index contributed by atoms with van der Waals surface area (Å²) in [5.41, 5.74) is 2.33. The van der Waals surface area contributed by atoms with Gasteiger partial charge in [0, 0.05) is 11.1 Å². The second-order valence-electron chi connectivity index (χ2n) is 7.29. The van der Waals surface area contributed by atoms with E-state index in [4.69, 9.17) is 18.9 Å². The second kappa shape index (κ2) is 13.2. The molecule has 36 heavy (non-hydrogen) atoms. The SMILES string of the molecule is CCOC(=O)CN=C(C(=O)OCC)c1cc(Br)c(Oc2ccc(OC)c(-c3ccccc3)c2)c(Br)c1. The lowest BCUT2D eigenvalue weighted by atomic mass is 10.0. The van der Waals surface area contributed by atoms with Crippen LogP contribution in [0.3, 0.4) is 0 Å². The molecular formula is C27H25Br2NO6. The summed E-state index contributed by atoms with van der Waals surface area (Å²) in [4.78, 5) is 28.5. The number of nitrogens with zero attached hydrogens (tertiary/aromatic N) is 1. The third-order valence-corrected chi connectivity index (χ3v) is 6.07. The van der Waals surface area contributed by atoms with Gasteiger partial charge in [-0.2, -0.15) is 0 Å². The van der Waals surface area contributed by atoms with Crippen LogP contribution in [-0.4, -0.2) is 44.5 Å². The van der Waals surface area contributed by atoms with Crippen LogP contribution in [0.15, 0.2) is 74.6 Å². The third-order valence-electron chi connectivity index (χ3n) is 4.89. The highest BCUT2D eigenvalue weighted by molar-refractivity contribution is 9.11. The lowest BCUT2D eigenvalue weighted by molar-refractivity contribution is -0.141. The largest absolute Gasteiger partial charge is 0.496 e. The number of benzene rings is 3. The van der Waals surface area contributed by atoms with Crippen molar-refractivity contribution in [2.45, 2.75) is 13.8 Å². The monoisotopic (exact) mass is 617 g/mol. The number of hydrogen-bond acceptors (Lipinski definition) is 7. The van der Waals surface area contributed by atoms with Crippen LogP contribution in [0.25, 0.3) is 11.1 Å². The van der Waals surface area contributed by atoms with Gasteiger partial charge in [-0.15, -0.1) is 0 Å². The minimum atomic E-state index is -0.642. The molecule has 0 aliphatic heterocycles. The van der Waals surface area contributed by atoms with E-state index in [2.05, 4.69) is 36.9 Å². The molecule has 3 aromatic rings. The quantitative estimate of drug-likeness (QED) is 0.188. The minimum Gasteiger partial charge on any atom is -0.496 e. The predicted molar refractivity (Wildman–Crippen MR) is 145 cm³/mol. The summed E-state index contributed by atoms with van der Waals surface area (Å²) in [5.74, 6) is 0.629. The lowest BCUT2D eigenvalue weighted by Gasteiger charge is -2.15. The molecule has 0 aromatic heterocycles. The van der Waals surface area contributed by atoms with E-state index in [1.54, 1.807) is 33.1 Å². The highest BCUT2D eigenvalue weighted by atomic mass is 79.9. The van der Waals surface area contributed by atoms with Crippen molar-refractivity contribution in [3.63, 3.8) is 0 Å². The van der Waals surface area contributed by atoms with Gasteiger partial charge >= 0.3 is 11.9 Å². The van der Waals surface area contributed by atoms with Gasteiger partial charge in [0.15, 0.2) is 11.5 Å². The summed E-state index contributed by atoms with van der Waals surface area (Å²) in [6.45, 7) is 3.49. The van der Waals surface area contributed by atoms with Crippen molar-refractivity contribution in [3.05, 3.63) is 75.2 Å². The van der Waals surface area contributed by atoms with Crippen molar-refractivity contribution in [1.82, 2.24) is 0 Å². The number of methoxy groups -OCH3 is 1. The number of carbonyl (C=O) groups excluding carboxylic acids is 2. The van der Waals surface area contributed by atoms with Gasteiger partial charge in [-0.3, -0.25) is 9.79 Å². The van der Waals surface area contributed by atoms with Crippen molar-refractivity contribution in [2.75, 3.05) is 26.9 Å². The van der Waals surface area contributed by atoms with Crippen molar-refractivity contribution < 1.29 is 28.5 Å². The molecule has 0 N–H and O–H groups in total. The zero-order chi connectivity index (χ0) is 26.1. The van der Waals surface area contributed by atoms with Crippen LogP contribution in [0, 0.1) is 0 Å². The van der Waals surface area contributed by atoms with Gasteiger partial charge in [0.05, 0.1) is 29.3 Å². The average Bonchev–Trinajstić information content (AvgIpc) is 2.87. The van der Waals surface area contributed by atoms with Crippen LogP contribution in [0.5, 0.6) is 17.2 Å². The van der Waals surface area contributed by atoms with E-state index < -0.39 is 11.9 Å². The number of carbonyl (C=O) groups is 2. The molecule has 0 fully saturated rings. The van der Waals surface area contributed by atoms with Crippen molar-refractivity contribution in [3.8, 4) is 28.4 Å². The van der Waals surface area contributed by atoms with E-state index in [1.165, 1.54) is 0 Å². The average molecular weight is 619 g/mol. The molecular weight excluding hydrogens is 594 g/mol. The molecule has 3 aromatic carbocycles. The van der Waals surface area contributed by atoms with Gasteiger partial charge in [0.2, 0.25) is 0 Å². The number of halogens is 2. The first-order chi connectivity index (χ1) is 17.4. The van der Waals surface area contributed by atoms with E-state index in [0.29, 0.717) is 26.0 Å². The molecule has 0 aliphatic carbocycles. The van der Waals surface area contributed by atoms with Crippen molar-refractivity contribution >= 4 is 49.5 Å². The Bertz CT molecular complexity index is 1240. The normalized spacial score (nSPS) is 11.1. The zero-order valence-electron chi connectivity index (χ0n) is 20.0. The summed E-state index contributed by atoms with van der Waals surface area (Å²) in [7, 11) is 1.62. The Hall–Kier alpha value is -3.17. The fourth-order valence-electron chi connectivity index (χ4n) is 3.33. The summed E-state index contributed by atoms with van der Waals surface area (Å²) >= 11 is 7.06. The highest BCUT2D eigenvalue weighted by Gasteiger charge is 2.20. The highest BCUT2D eigenvalue weighted by Crippen LogP contribution is 2.40. The Morgan fingerprint density at radius 2 is 1.56 bits per heavy atom. The fourth-order valence-corrected chi connectivity index (χ4v) is 4.68. The molecule has 0 heterocycles. The molecule has 188 valence electrons. The first-order valence-electron chi connectivity index (χ1n) is 11.2. The molecule has 0 saturated heterocycles. The molecule has 9 heteroatoms. The number of rotatable bonds is 10. The van der Waals surface area contributed by atoms with Crippen LogP contribution in [0.4, 0.5) is 0 Å². The summed E-state index contributed by atoms with van der Waals surface area (Å²) in [5, 5.41) is 0. The summed E-state index contributed by atoms with van der Waals surface area (Å²) in [6.07, 6.45) is 0. The molecule has 0 aliphatic rings. The molecule has 3 rings (SSSR count). The predicted octanol–water partition coefficient (Wildman–Crippen LogP) is 6.59. The molecule has 0 atom stereocenters. The van der Waals surface area contributed by atoms with Crippen LogP contribution >= 0.6 is 31.9 Å². The molecule has 7 nitrogen and oxygen atoms in total. The summed E-state index contributed by atoms with van der Waals surface area (Å²) < 4.78 is 22.9. The third kappa shape index (κ3) is 6.95. The number of aliphatic imine (C=N–C) groups is 1. The molecule has 0 saturated carbocycles. The Morgan fingerprint density at radius 1 is 0.889 bits per heavy atom. The molecule has 0 bridgehead atoms. The zero-order valence-corrected chi connectivity index (χ0v) is 23.2. The Morgan fingerprint density at radius 3 is 2.17 bits per heavy atom. The molecule has 0 spiro atoms. The topological polar surface area (TPSA) is 83.4 Å². The van der Waals surface area contributed by atoms with Gasteiger partial charge in [-0.25, -0.2) is 4.79 Å². The van der Waals surface area contributed by atoms with Crippen LogP contribution < -0.4 is 9.47 Å². The van der Waals surface area contributed by atoms with Gasteiger partial charge in [-0.1, -0.05) is 30.3 Å². The minimum absolute atomic E-state index is 0.00802. The molecule has 0 radical (unpaired) electrons. The lowest BCUT2D eigenvalue weighted by Crippen LogP contribution is -2.21. The van der Waals surface area contributed by atoms with Crippen molar-refractivity contribution in [1.29, 1.82) is 0 Å². The Balaban J connectivity index is 1.95. The van der Waals surface area contributed by atoms with Crippen LogP contribution in [-0.2, 0) is 19.1 Å². The maximum atomic E-state index is 12.6. The van der Waals surface area contributed by atoms with Crippen LogP contribution in [0.1, 0.15) is 19.4 Å². The van der Waals surface area contributed by atoms with Gasteiger partial charge in [0.1, 0.15) is 18.0 Å². The Labute approximate surface area is 226 Å². The van der Waals surface area contributed by atoms with Gasteiger partial charge in [-0.05, 0) is 81.6 Å². The maximum Gasteiger partial charge on any atom is 0.357 e. The summed E-state index contributed by atoms with van der Waals surface area (Å²) in [6, 6.07) is 18.8. The van der Waals surface area contributed by atoms with E-state index in [0.717, 1.165) is 16.9 Å². The van der Waals surface area contributed by atoms with Crippen molar-refractivity contribution in [2.24, 2.45) is 4.99 Å². The van der Waals surface area contributed by atoms with Gasteiger partial charge < -0.3 is 18.9 Å². The maximum absolute atomic E-state index is 12.6. The smallest absolute Gasteiger partial charge is 0.357 e. The first kappa shape index (κ1) is 27.4. The standard InChI is InChI=1S/C27H25Br2NO6/c1-4-34-24(31)16-30-25(27(32)35-5-2)18-13-21(28)26(22(29)14-18)36-19-11-12-23(33-3)20(15-19)17-9-7-6-8-10-17/h6-15H,4-5,16H2,1-3H3. The fraction of sp³-hybridized carbons (Fsp3) is 0.222. The Kier molecular flexibility index (Phi) is 10.1. The van der Waals surface area contributed by atoms with E-state index in [9.17, 15) is 9.59 Å². The number of hydrogen-bond donors (Lipinski definition) is 0. The number of esters is 2. The molecule has 0 amide bonds. The first-order valence-corrected chi connectivity index (χ1v) is 12.7.